The second kappa shape index (κ2) is 6.65. The van der Waals surface area contributed by atoms with Gasteiger partial charge in [-0.05, 0) is 37.8 Å². The lowest BCUT2D eigenvalue weighted by Gasteiger charge is -2.12. The SMILES string of the molecule is CSCc1ccc(C(=O)NCC(C)n2cc(C)cn2)o1. The summed E-state index contributed by atoms with van der Waals surface area (Å²) in [5, 5.41) is 7.10. The van der Waals surface area contributed by atoms with E-state index in [9.17, 15) is 4.79 Å². The Morgan fingerprint density at radius 3 is 3.00 bits per heavy atom. The fourth-order valence-corrected chi connectivity index (χ4v) is 2.25. The molecule has 6 heteroatoms. The van der Waals surface area contributed by atoms with Gasteiger partial charge < -0.3 is 9.73 Å². The van der Waals surface area contributed by atoms with Gasteiger partial charge in [0.15, 0.2) is 5.76 Å². The number of furan rings is 1. The third-order valence-electron chi connectivity index (χ3n) is 2.91. The van der Waals surface area contributed by atoms with Gasteiger partial charge in [0.2, 0.25) is 0 Å². The van der Waals surface area contributed by atoms with Crippen molar-refractivity contribution in [3.05, 3.63) is 41.6 Å². The van der Waals surface area contributed by atoms with E-state index in [1.54, 1.807) is 24.0 Å². The summed E-state index contributed by atoms with van der Waals surface area (Å²) in [7, 11) is 0. The van der Waals surface area contributed by atoms with Crippen LogP contribution in [-0.2, 0) is 5.75 Å². The minimum atomic E-state index is -0.187. The molecule has 5 nitrogen and oxygen atoms in total. The monoisotopic (exact) mass is 293 g/mol. The van der Waals surface area contributed by atoms with Gasteiger partial charge in [0.05, 0.1) is 18.0 Å². The van der Waals surface area contributed by atoms with E-state index < -0.39 is 0 Å². The number of carbonyl (C=O) groups is 1. The molecule has 2 rings (SSSR count). The molecule has 0 aliphatic rings. The number of nitrogens with zero attached hydrogens (tertiary/aromatic N) is 2. The van der Waals surface area contributed by atoms with Gasteiger partial charge in [0, 0.05) is 12.7 Å². The largest absolute Gasteiger partial charge is 0.455 e. The van der Waals surface area contributed by atoms with Gasteiger partial charge in [-0.15, -0.1) is 0 Å². The van der Waals surface area contributed by atoms with Crippen molar-refractivity contribution in [3.63, 3.8) is 0 Å². The Hall–Kier alpha value is -1.69. The summed E-state index contributed by atoms with van der Waals surface area (Å²) < 4.78 is 7.32. The third kappa shape index (κ3) is 3.66. The number of nitrogens with one attached hydrogen (secondary N) is 1. The third-order valence-corrected chi connectivity index (χ3v) is 3.49. The lowest BCUT2D eigenvalue weighted by molar-refractivity contribution is 0.0919. The van der Waals surface area contributed by atoms with Gasteiger partial charge in [-0.3, -0.25) is 9.48 Å². The van der Waals surface area contributed by atoms with Crippen LogP contribution in [0, 0.1) is 6.92 Å². The zero-order chi connectivity index (χ0) is 14.5. The molecular weight excluding hydrogens is 274 g/mol. The lowest BCUT2D eigenvalue weighted by Crippen LogP contribution is -2.29. The molecule has 2 heterocycles. The van der Waals surface area contributed by atoms with E-state index in [1.807, 2.05) is 37.0 Å². The van der Waals surface area contributed by atoms with Crippen LogP contribution in [0.25, 0.3) is 0 Å². The number of rotatable bonds is 6. The van der Waals surface area contributed by atoms with Gasteiger partial charge in [0.25, 0.3) is 5.91 Å². The van der Waals surface area contributed by atoms with Gasteiger partial charge >= 0.3 is 0 Å². The molecule has 0 saturated heterocycles. The van der Waals surface area contributed by atoms with Gasteiger partial charge in [-0.1, -0.05) is 0 Å². The van der Waals surface area contributed by atoms with E-state index >= 15 is 0 Å². The second-order valence-corrected chi connectivity index (χ2v) is 5.62. The van der Waals surface area contributed by atoms with Gasteiger partial charge in [0.1, 0.15) is 5.76 Å². The number of hydrogen-bond donors (Lipinski definition) is 1. The Bertz CT molecular complexity index is 576. The highest BCUT2D eigenvalue weighted by Gasteiger charge is 2.13. The van der Waals surface area contributed by atoms with Crippen molar-refractivity contribution in [2.75, 3.05) is 12.8 Å². The van der Waals surface area contributed by atoms with E-state index in [0.29, 0.717) is 12.3 Å². The van der Waals surface area contributed by atoms with Crippen molar-refractivity contribution in [2.24, 2.45) is 0 Å². The Morgan fingerprint density at radius 1 is 1.55 bits per heavy atom. The highest BCUT2D eigenvalue weighted by Crippen LogP contribution is 2.13. The topological polar surface area (TPSA) is 60.1 Å². The number of hydrogen-bond acceptors (Lipinski definition) is 4. The van der Waals surface area contributed by atoms with E-state index in [-0.39, 0.29) is 11.9 Å². The van der Waals surface area contributed by atoms with Crippen molar-refractivity contribution in [2.45, 2.75) is 25.6 Å². The number of aromatic nitrogens is 2. The van der Waals surface area contributed by atoms with Crippen molar-refractivity contribution >= 4 is 17.7 Å². The second-order valence-electron chi connectivity index (χ2n) is 4.76. The molecule has 2 aromatic heterocycles. The molecule has 2 aromatic rings. The van der Waals surface area contributed by atoms with E-state index in [4.69, 9.17) is 4.42 Å². The molecule has 0 radical (unpaired) electrons. The van der Waals surface area contributed by atoms with Crippen molar-refractivity contribution in [3.8, 4) is 0 Å². The zero-order valence-corrected chi connectivity index (χ0v) is 12.7. The molecular formula is C14H19N3O2S. The normalized spacial score (nSPS) is 12.3. The van der Waals surface area contributed by atoms with Crippen LogP contribution in [-0.4, -0.2) is 28.5 Å². The Kier molecular flexibility index (Phi) is 4.89. The predicted molar refractivity (Wildman–Crippen MR) is 79.9 cm³/mol. The maximum absolute atomic E-state index is 12.0. The van der Waals surface area contributed by atoms with Crippen molar-refractivity contribution < 1.29 is 9.21 Å². The minimum Gasteiger partial charge on any atom is -0.455 e. The first kappa shape index (κ1) is 14.7. The summed E-state index contributed by atoms with van der Waals surface area (Å²) in [4.78, 5) is 12.0. The number of carbonyl (C=O) groups excluding carboxylic acids is 1. The molecule has 1 unspecified atom stereocenters. The molecule has 1 N–H and O–H groups in total. The summed E-state index contributed by atoms with van der Waals surface area (Å²) in [6, 6.07) is 3.66. The molecule has 0 aromatic carbocycles. The molecule has 20 heavy (non-hydrogen) atoms. The fourth-order valence-electron chi connectivity index (χ4n) is 1.81. The van der Waals surface area contributed by atoms with Crippen LogP contribution in [0.3, 0.4) is 0 Å². The highest BCUT2D eigenvalue weighted by molar-refractivity contribution is 7.97. The molecule has 108 valence electrons. The molecule has 0 fully saturated rings. The highest BCUT2D eigenvalue weighted by atomic mass is 32.2. The molecule has 0 bridgehead atoms. The maximum Gasteiger partial charge on any atom is 0.287 e. The number of thioether (sulfide) groups is 1. The van der Waals surface area contributed by atoms with Crippen LogP contribution in [0.1, 0.15) is 34.8 Å². The van der Waals surface area contributed by atoms with Crippen LogP contribution in [0.15, 0.2) is 28.9 Å². The summed E-state index contributed by atoms with van der Waals surface area (Å²) in [5.41, 5.74) is 1.11. The Morgan fingerprint density at radius 2 is 2.35 bits per heavy atom. The van der Waals surface area contributed by atoms with Crippen LogP contribution in [0.2, 0.25) is 0 Å². The van der Waals surface area contributed by atoms with Crippen LogP contribution in [0.4, 0.5) is 0 Å². The molecule has 0 aliphatic carbocycles. The standard InChI is InChI=1S/C14H19N3O2S/c1-10-6-16-17(8-10)11(2)7-15-14(18)13-5-4-12(19-13)9-20-3/h4-6,8,11H,7,9H2,1-3H3,(H,15,18). The fraction of sp³-hybridized carbons (Fsp3) is 0.429. The predicted octanol–water partition coefficient (Wildman–Crippen LogP) is 2.64. The first-order chi connectivity index (χ1) is 9.60. The van der Waals surface area contributed by atoms with E-state index in [1.165, 1.54) is 0 Å². The van der Waals surface area contributed by atoms with E-state index in [2.05, 4.69) is 10.4 Å². The number of aryl methyl sites for hydroxylation is 1. The summed E-state index contributed by atoms with van der Waals surface area (Å²) in [6.45, 7) is 4.51. The zero-order valence-electron chi connectivity index (χ0n) is 11.9. The first-order valence-electron chi connectivity index (χ1n) is 6.46. The van der Waals surface area contributed by atoms with Crippen molar-refractivity contribution in [1.29, 1.82) is 0 Å². The van der Waals surface area contributed by atoms with E-state index in [0.717, 1.165) is 17.1 Å². The van der Waals surface area contributed by atoms with Gasteiger partial charge in [-0.25, -0.2) is 0 Å². The summed E-state index contributed by atoms with van der Waals surface area (Å²) in [6.07, 6.45) is 5.76. The number of amides is 1. The first-order valence-corrected chi connectivity index (χ1v) is 7.86. The molecule has 0 saturated carbocycles. The van der Waals surface area contributed by atoms with Crippen LogP contribution >= 0.6 is 11.8 Å². The molecule has 1 atom stereocenters. The van der Waals surface area contributed by atoms with Gasteiger partial charge in [-0.2, -0.15) is 16.9 Å². The Labute approximate surface area is 122 Å². The van der Waals surface area contributed by atoms with Crippen LogP contribution in [0.5, 0.6) is 0 Å². The smallest absolute Gasteiger partial charge is 0.287 e. The average molecular weight is 293 g/mol. The molecule has 1 amide bonds. The Balaban J connectivity index is 1.88. The molecule has 0 aliphatic heterocycles. The maximum atomic E-state index is 12.0. The lowest BCUT2D eigenvalue weighted by atomic mass is 10.3. The minimum absolute atomic E-state index is 0.105. The van der Waals surface area contributed by atoms with Crippen LogP contribution < -0.4 is 5.32 Å². The summed E-state index contributed by atoms with van der Waals surface area (Å²) in [5.74, 6) is 1.76. The molecule has 0 spiro atoms. The summed E-state index contributed by atoms with van der Waals surface area (Å²) >= 11 is 1.66. The average Bonchev–Trinajstić information content (AvgIpc) is 3.05. The quantitative estimate of drug-likeness (QED) is 0.889. The van der Waals surface area contributed by atoms with Crippen molar-refractivity contribution in [1.82, 2.24) is 15.1 Å².